The van der Waals surface area contributed by atoms with Crippen molar-refractivity contribution >= 4 is 43.2 Å². The average Bonchev–Trinajstić information content (AvgIpc) is 2.66. The molecule has 102 valence electrons. The van der Waals surface area contributed by atoms with Gasteiger partial charge in [0.2, 0.25) is 0 Å². The molecule has 0 aromatic carbocycles. The van der Waals surface area contributed by atoms with Gasteiger partial charge in [-0.2, -0.15) is 0 Å². The highest BCUT2D eigenvalue weighted by atomic mass is 79.9. The zero-order chi connectivity index (χ0) is 13.0. The lowest BCUT2D eigenvalue weighted by Crippen LogP contribution is -2.44. The molecule has 1 aliphatic rings. The van der Waals surface area contributed by atoms with Crippen molar-refractivity contribution in [3.8, 4) is 0 Å². The molecule has 6 heteroatoms. The Balaban J connectivity index is 1.74. The molecule has 1 saturated heterocycles. The number of rotatable bonds is 5. The molecule has 1 atom stereocenters. The summed E-state index contributed by atoms with van der Waals surface area (Å²) in [4.78, 5) is 2.46. The minimum Gasteiger partial charge on any atom is -0.379 e. The summed E-state index contributed by atoms with van der Waals surface area (Å²) in [5.41, 5.74) is 1.32. The van der Waals surface area contributed by atoms with E-state index in [1.165, 1.54) is 13.1 Å². The smallest absolute Gasteiger partial charge is 0.0755 e. The predicted octanol–water partition coefficient (Wildman–Crippen LogP) is 3.08. The van der Waals surface area contributed by atoms with Crippen molar-refractivity contribution in [2.24, 2.45) is 0 Å². The topological polar surface area (TPSA) is 24.5 Å². The number of hydrogen-bond donors (Lipinski definition) is 1. The maximum atomic E-state index is 5.36. The van der Waals surface area contributed by atoms with Crippen LogP contribution in [0.3, 0.4) is 0 Å². The van der Waals surface area contributed by atoms with Gasteiger partial charge in [-0.3, -0.25) is 4.90 Å². The molecule has 1 unspecified atom stereocenters. The Bertz CT molecular complexity index is 380. The monoisotopic (exact) mass is 396 g/mol. The van der Waals surface area contributed by atoms with Crippen LogP contribution in [0.2, 0.25) is 0 Å². The normalized spacial score (nSPS) is 19.1. The first kappa shape index (κ1) is 14.9. The summed E-state index contributed by atoms with van der Waals surface area (Å²) in [5.74, 6) is 0. The second-order valence-corrected chi connectivity index (χ2v) is 8.29. The Hall–Kier alpha value is 0.540. The van der Waals surface area contributed by atoms with E-state index in [1.807, 2.05) is 0 Å². The van der Waals surface area contributed by atoms with Crippen LogP contribution < -0.4 is 5.32 Å². The first-order valence-electron chi connectivity index (χ1n) is 6.12. The lowest BCUT2D eigenvalue weighted by atomic mass is 10.2. The van der Waals surface area contributed by atoms with E-state index in [4.69, 9.17) is 4.74 Å². The highest BCUT2D eigenvalue weighted by Gasteiger charge is 2.14. The molecule has 1 aliphatic heterocycles. The van der Waals surface area contributed by atoms with E-state index >= 15 is 0 Å². The van der Waals surface area contributed by atoms with Gasteiger partial charge in [0.1, 0.15) is 0 Å². The van der Waals surface area contributed by atoms with E-state index in [1.54, 1.807) is 11.3 Å². The molecule has 0 saturated carbocycles. The number of thiophene rings is 1. The van der Waals surface area contributed by atoms with Crippen molar-refractivity contribution < 1.29 is 4.74 Å². The van der Waals surface area contributed by atoms with Gasteiger partial charge in [0.15, 0.2) is 0 Å². The molecular formula is C12H18Br2N2OS. The number of nitrogens with zero attached hydrogens (tertiary/aromatic N) is 1. The molecule has 0 radical (unpaired) electrons. The highest BCUT2D eigenvalue weighted by Crippen LogP contribution is 2.31. The Morgan fingerprint density at radius 1 is 1.44 bits per heavy atom. The van der Waals surface area contributed by atoms with Gasteiger partial charge < -0.3 is 10.1 Å². The molecule has 1 aromatic rings. The van der Waals surface area contributed by atoms with Crippen LogP contribution in [0.5, 0.6) is 0 Å². The predicted molar refractivity (Wildman–Crippen MR) is 83.3 cm³/mol. The van der Waals surface area contributed by atoms with E-state index in [0.717, 1.165) is 39.4 Å². The number of hydrogen-bond acceptors (Lipinski definition) is 4. The second-order valence-electron chi connectivity index (χ2n) is 4.54. The lowest BCUT2D eigenvalue weighted by molar-refractivity contribution is 0.0343. The van der Waals surface area contributed by atoms with Gasteiger partial charge in [-0.05, 0) is 50.4 Å². The third-order valence-electron chi connectivity index (χ3n) is 3.00. The Labute approximate surface area is 129 Å². The van der Waals surface area contributed by atoms with Crippen LogP contribution in [0.4, 0.5) is 0 Å². The molecule has 2 rings (SSSR count). The van der Waals surface area contributed by atoms with E-state index in [9.17, 15) is 0 Å². The highest BCUT2D eigenvalue weighted by molar-refractivity contribution is 9.12. The molecule has 1 aromatic heterocycles. The Kier molecular flexibility index (Phi) is 6.11. The summed E-state index contributed by atoms with van der Waals surface area (Å²) in [5, 5.41) is 3.57. The van der Waals surface area contributed by atoms with Crippen LogP contribution in [-0.2, 0) is 11.3 Å². The number of halogens is 2. The summed E-state index contributed by atoms with van der Waals surface area (Å²) < 4.78 is 7.74. The zero-order valence-corrected chi connectivity index (χ0v) is 14.4. The van der Waals surface area contributed by atoms with Gasteiger partial charge in [-0.15, -0.1) is 11.3 Å². The maximum Gasteiger partial charge on any atom is 0.0755 e. The van der Waals surface area contributed by atoms with Crippen LogP contribution in [0, 0.1) is 0 Å². The van der Waals surface area contributed by atoms with Crippen LogP contribution in [0.25, 0.3) is 0 Å². The number of morpholine rings is 1. The summed E-state index contributed by atoms with van der Waals surface area (Å²) in [6.07, 6.45) is 0. The number of nitrogens with one attached hydrogen (secondary N) is 1. The van der Waals surface area contributed by atoms with Gasteiger partial charge in [-0.1, -0.05) is 0 Å². The quantitative estimate of drug-likeness (QED) is 0.826. The third kappa shape index (κ3) is 4.58. The average molecular weight is 398 g/mol. The molecular weight excluding hydrogens is 380 g/mol. The molecule has 18 heavy (non-hydrogen) atoms. The van der Waals surface area contributed by atoms with Gasteiger partial charge in [0.05, 0.1) is 20.8 Å². The Morgan fingerprint density at radius 2 is 2.17 bits per heavy atom. The summed E-state index contributed by atoms with van der Waals surface area (Å²) in [6.45, 7) is 8.09. The fourth-order valence-electron chi connectivity index (χ4n) is 2.01. The van der Waals surface area contributed by atoms with Crippen molar-refractivity contribution in [2.75, 3.05) is 32.8 Å². The van der Waals surface area contributed by atoms with Crippen LogP contribution in [0.1, 0.15) is 12.5 Å². The molecule has 0 spiro atoms. The van der Waals surface area contributed by atoms with Crippen LogP contribution >= 0.6 is 43.2 Å². The standard InChI is InChI=1S/C12H18Br2N2OS/c1-9(8-16-2-4-17-5-3-16)15-7-10-6-11(13)18-12(10)14/h6,9,15H,2-5,7-8H2,1H3. The van der Waals surface area contributed by atoms with E-state index in [-0.39, 0.29) is 0 Å². The minimum atomic E-state index is 0.494. The summed E-state index contributed by atoms with van der Waals surface area (Å²) in [6, 6.07) is 2.66. The SMILES string of the molecule is CC(CN1CCOCC1)NCc1cc(Br)sc1Br. The van der Waals surface area contributed by atoms with Crippen molar-refractivity contribution in [1.82, 2.24) is 10.2 Å². The van der Waals surface area contributed by atoms with Crippen molar-refractivity contribution in [3.05, 3.63) is 19.2 Å². The van der Waals surface area contributed by atoms with E-state index in [0.29, 0.717) is 6.04 Å². The largest absolute Gasteiger partial charge is 0.379 e. The van der Waals surface area contributed by atoms with Crippen LogP contribution in [0.15, 0.2) is 13.6 Å². The molecule has 3 nitrogen and oxygen atoms in total. The summed E-state index contributed by atoms with van der Waals surface area (Å²) >= 11 is 8.82. The zero-order valence-electron chi connectivity index (χ0n) is 10.4. The molecule has 0 amide bonds. The van der Waals surface area contributed by atoms with Crippen LogP contribution in [-0.4, -0.2) is 43.8 Å². The second kappa shape index (κ2) is 7.36. The Morgan fingerprint density at radius 3 is 2.78 bits per heavy atom. The molecule has 1 N–H and O–H groups in total. The van der Waals surface area contributed by atoms with Gasteiger partial charge >= 0.3 is 0 Å². The minimum absolute atomic E-state index is 0.494. The van der Waals surface area contributed by atoms with Gasteiger partial charge in [0.25, 0.3) is 0 Å². The van der Waals surface area contributed by atoms with Gasteiger partial charge in [-0.25, -0.2) is 0 Å². The first-order chi connectivity index (χ1) is 8.65. The third-order valence-corrected chi connectivity index (χ3v) is 5.47. The van der Waals surface area contributed by atoms with E-state index in [2.05, 4.69) is 55.1 Å². The molecule has 0 aliphatic carbocycles. The van der Waals surface area contributed by atoms with Crippen molar-refractivity contribution in [2.45, 2.75) is 19.5 Å². The molecule has 0 bridgehead atoms. The van der Waals surface area contributed by atoms with E-state index < -0.39 is 0 Å². The lowest BCUT2D eigenvalue weighted by Gasteiger charge is -2.29. The molecule has 2 heterocycles. The first-order valence-corrected chi connectivity index (χ1v) is 8.52. The van der Waals surface area contributed by atoms with Crippen molar-refractivity contribution in [1.29, 1.82) is 0 Å². The summed E-state index contributed by atoms with van der Waals surface area (Å²) in [7, 11) is 0. The van der Waals surface area contributed by atoms with Crippen molar-refractivity contribution in [3.63, 3.8) is 0 Å². The fraction of sp³-hybridized carbons (Fsp3) is 0.667. The maximum absolute atomic E-state index is 5.36. The van der Waals surface area contributed by atoms with Gasteiger partial charge in [0, 0.05) is 32.2 Å². The fourth-order valence-corrected chi connectivity index (χ4v) is 4.84. The molecule has 1 fully saturated rings. The number of ether oxygens (including phenoxy) is 1.